The second kappa shape index (κ2) is 7.63. The Labute approximate surface area is 183 Å². The average molecular weight is 413 g/mol. The molecule has 1 aliphatic carbocycles. The summed E-state index contributed by atoms with van der Waals surface area (Å²) >= 11 is 0. The van der Waals surface area contributed by atoms with Gasteiger partial charge in [-0.05, 0) is 73.6 Å². The maximum Gasteiger partial charge on any atom is 0.226 e. The standard InChI is InChI=1S/C26H28N4O/c31-26(19-8-9-19)30-17-23-14-24(30)16-29(23)22-7-1-4-18(13-22)12-20-5-3-11-28-25(20)21-6-2-10-27-15-21/h1-2,4,6-7,10,12-13,15,19,23-24H,3,5,8-9,11,14,16-17H2/t23-,24-/m0/s1. The van der Waals surface area contributed by atoms with Crippen LogP contribution < -0.4 is 4.90 Å². The summed E-state index contributed by atoms with van der Waals surface area (Å²) < 4.78 is 0. The van der Waals surface area contributed by atoms with Crippen molar-refractivity contribution >= 4 is 23.4 Å². The maximum atomic E-state index is 12.5. The fraction of sp³-hybridized carbons (Fsp3) is 0.423. The second-order valence-electron chi connectivity index (χ2n) is 9.30. The Bertz CT molecular complexity index is 1060. The summed E-state index contributed by atoms with van der Waals surface area (Å²) in [5.74, 6) is 0.735. The first-order chi connectivity index (χ1) is 15.3. The van der Waals surface area contributed by atoms with E-state index in [2.05, 4.69) is 51.2 Å². The van der Waals surface area contributed by atoms with E-state index in [0.29, 0.717) is 23.9 Å². The number of likely N-dealkylation sites (tertiary alicyclic amines) is 1. The van der Waals surface area contributed by atoms with Crippen LogP contribution in [0.2, 0.25) is 0 Å². The van der Waals surface area contributed by atoms with Crippen LogP contribution in [0.4, 0.5) is 5.69 Å². The SMILES string of the molecule is O=C(C1CC1)N1C[C@@H]2C[C@H]1CN2c1cccc(C=C2CCCN=C2c2cccnc2)c1. The highest BCUT2D eigenvalue weighted by atomic mass is 16.2. The predicted molar refractivity (Wildman–Crippen MR) is 123 cm³/mol. The van der Waals surface area contributed by atoms with Crippen LogP contribution >= 0.6 is 0 Å². The van der Waals surface area contributed by atoms with E-state index in [-0.39, 0.29) is 0 Å². The topological polar surface area (TPSA) is 48.8 Å². The molecule has 1 saturated carbocycles. The first-order valence-electron chi connectivity index (χ1n) is 11.6. The zero-order valence-electron chi connectivity index (χ0n) is 17.8. The molecule has 31 heavy (non-hydrogen) atoms. The smallest absolute Gasteiger partial charge is 0.226 e. The minimum atomic E-state index is 0.328. The van der Waals surface area contributed by atoms with Gasteiger partial charge in [0, 0.05) is 55.2 Å². The van der Waals surface area contributed by atoms with Gasteiger partial charge in [-0.3, -0.25) is 14.8 Å². The van der Waals surface area contributed by atoms with Gasteiger partial charge >= 0.3 is 0 Å². The number of allylic oxidation sites excluding steroid dienone is 1. The molecule has 3 fully saturated rings. The van der Waals surface area contributed by atoms with Crippen molar-refractivity contribution in [3.05, 3.63) is 65.5 Å². The van der Waals surface area contributed by atoms with Crippen molar-refractivity contribution in [3.8, 4) is 0 Å². The number of nitrogens with zero attached hydrogens (tertiary/aromatic N) is 4. The molecule has 2 bridgehead atoms. The zero-order chi connectivity index (χ0) is 20.8. The molecule has 1 amide bonds. The van der Waals surface area contributed by atoms with Crippen LogP contribution in [0.15, 0.2) is 59.4 Å². The first-order valence-corrected chi connectivity index (χ1v) is 11.6. The van der Waals surface area contributed by atoms with Gasteiger partial charge in [0.05, 0.1) is 11.8 Å². The Kier molecular flexibility index (Phi) is 4.62. The van der Waals surface area contributed by atoms with Gasteiger partial charge < -0.3 is 9.80 Å². The van der Waals surface area contributed by atoms with Crippen LogP contribution in [-0.2, 0) is 4.79 Å². The molecule has 0 radical (unpaired) electrons. The van der Waals surface area contributed by atoms with E-state index in [1.165, 1.54) is 16.8 Å². The van der Waals surface area contributed by atoms with Crippen LogP contribution in [0.5, 0.6) is 0 Å². The summed E-state index contributed by atoms with van der Waals surface area (Å²) in [6, 6.07) is 13.8. The van der Waals surface area contributed by atoms with E-state index < -0.39 is 0 Å². The largest absolute Gasteiger partial charge is 0.365 e. The van der Waals surface area contributed by atoms with E-state index >= 15 is 0 Å². The molecular formula is C26H28N4O. The number of pyridine rings is 1. The van der Waals surface area contributed by atoms with Gasteiger partial charge in [-0.1, -0.05) is 12.1 Å². The van der Waals surface area contributed by atoms with Crippen LogP contribution in [0.3, 0.4) is 0 Å². The zero-order valence-corrected chi connectivity index (χ0v) is 17.8. The van der Waals surface area contributed by atoms with E-state index in [1.807, 2.05) is 18.5 Å². The van der Waals surface area contributed by atoms with E-state index in [1.54, 1.807) is 0 Å². The fourth-order valence-electron chi connectivity index (χ4n) is 5.41. The van der Waals surface area contributed by atoms with Crippen LogP contribution in [-0.4, -0.2) is 53.2 Å². The lowest BCUT2D eigenvalue weighted by molar-refractivity contribution is -0.133. The number of aromatic nitrogens is 1. The molecule has 158 valence electrons. The number of carbonyl (C=O) groups is 1. The molecule has 3 aliphatic heterocycles. The highest BCUT2D eigenvalue weighted by molar-refractivity contribution is 6.15. The molecule has 1 aromatic carbocycles. The lowest BCUT2D eigenvalue weighted by Gasteiger charge is -2.36. The molecule has 5 heteroatoms. The van der Waals surface area contributed by atoms with Crippen LogP contribution in [0.25, 0.3) is 6.08 Å². The average Bonchev–Trinajstić information content (AvgIpc) is 3.47. The quantitative estimate of drug-likeness (QED) is 0.764. The fourth-order valence-corrected chi connectivity index (χ4v) is 5.41. The number of carbonyl (C=O) groups excluding carboxylic acids is 1. The van der Waals surface area contributed by atoms with Crippen LogP contribution in [0, 0.1) is 5.92 Å². The normalized spacial score (nSPS) is 26.5. The molecule has 0 unspecified atom stereocenters. The molecule has 6 rings (SSSR count). The van der Waals surface area contributed by atoms with Crippen molar-refractivity contribution in [1.29, 1.82) is 0 Å². The molecule has 1 aromatic heterocycles. The Morgan fingerprint density at radius 3 is 2.81 bits per heavy atom. The molecule has 2 aromatic rings. The highest BCUT2D eigenvalue weighted by Gasteiger charge is 2.48. The molecular weight excluding hydrogens is 384 g/mol. The van der Waals surface area contributed by atoms with Gasteiger partial charge in [-0.2, -0.15) is 0 Å². The number of hydrogen-bond acceptors (Lipinski definition) is 4. The van der Waals surface area contributed by atoms with Gasteiger partial charge in [-0.25, -0.2) is 0 Å². The minimum absolute atomic E-state index is 0.328. The third-order valence-electron chi connectivity index (χ3n) is 7.11. The van der Waals surface area contributed by atoms with Gasteiger partial charge in [-0.15, -0.1) is 0 Å². The maximum absolute atomic E-state index is 12.5. The van der Waals surface area contributed by atoms with Crippen molar-refractivity contribution < 1.29 is 4.79 Å². The van der Waals surface area contributed by atoms with Gasteiger partial charge in [0.25, 0.3) is 0 Å². The van der Waals surface area contributed by atoms with Gasteiger partial charge in [0.15, 0.2) is 0 Å². The summed E-state index contributed by atoms with van der Waals surface area (Å²) in [7, 11) is 0. The van der Waals surface area contributed by atoms with Gasteiger partial charge in [0.1, 0.15) is 0 Å². The number of anilines is 1. The van der Waals surface area contributed by atoms with Crippen molar-refractivity contribution in [3.63, 3.8) is 0 Å². The molecule has 0 spiro atoms. The summed E-state index contributed by atoms with van der Waals surface area (Å²) in [6.07, 6.45) is 11.5. The number of amides is 1. The van der Waals surface area contributed by atoms with E-state index in [0.717, 1.165) is 63.0 Å². The van der Waals surface area contributed by atoms with Gasteiger partial charge in [0.2, 0.25) is 5.91 Å². The molecule has 0 N–H and O–H groups in total. The predicted octanol–water partition coefficient (Wildman–Crippen LogP) is 3.95. The number of fused-ring (bicyclic) bond motifs is 2. The molecule has 2 atom stereocenters. The minimum Gasteiger partial charge on any atom is -0.365 e. The number of aliphatic imine (C=N–C) groups is 1. The lowest BCUT2D eigenvalue weighted by atomic mass is 9.95. The monoisotopic (exact) mass is 412 g/mol. The second-order valence-corrected chi connectivity index (χ2v) is 9.30. The number of piperazine rings is 1. The Morgan fingerprint density at radius 2 is 2.03 bits per heavy atom. The lowest BCUT2D eigenvalue weighted by Crippen LogP contribution is -2.49. The number of benzene rings is 1. The molecule has 4 heterocycles. The van der Waals surface area contributed by atoms with Crippen molar-refractivity contribution in [2.45, 2.75) is 44.2 Å². The third kappa shape index (κ3) is 3.56. The Morgan fingerprint density at radius 1 is 1.10 bits per heavy atom. The summed E-state index contributed by atoms with van der Waals surface area (Å²) in [5.41, 5.74) is 5.97. The summed E-state index contributed by atoms with van der Waals surface area (Å²) in [5, 5.41) is 0. The molecule has 4 aliphatic rings. The van der Waals surface area contributed by atoms with E-state index in [9.17, 15) is 4.79 Å². The summed E-state index contributed by atoms with van der Waals surface area (Å²) in [4.78, 5) is 26.3. The first kappa shape index (κ1) is 18.8. The van der Waals surface area contributed by atoms with Crippen LogP contribution in [0.1, 0.15) is 43.2 Å². The number of hydrogen-bond donors (Lipinski definition) is 0. The molecule has 2 saturated heterocycles. The van der Waals surface area contributed by atoms with Crippen molar-refractivity contribution in [1.82, 2.24) is 9.88 Å². The van der Waals surface area contributed by atoms with Crippen molar-refractivity contribution in [2.24, 2.45) is 10.9 Å². The highest BCUT2D eigenvalue weighted by Crippen LogP contribution is 2.39. The number of rotatable bonds is 4. The van der Waals surface area contributed by atoms with E-state index in [4.69, 9.17) is 4.99 Å². The Hall–Kier alpha value is -2.95. The third-order valence-corrected chi connectivity index (χ3v) is 7.11. The summed E-state index contributed by atoms with van der Waals surface area (Å²) in [6.45, 7) is 2.74. The molecule has 5 nitrogen and oxygen atoms in total. The van der Waals surface area contributed by atoms with Crippen molar-refractivity contribution in [2.75, 3.05) is 24.5 Å². The Balaban J connectivity index is 1.23.